The molecule has 0 spiro atoms. The summed E-state index contributed by atoms with van der Waals surface area (Å²) in [5, 5.41) is 3.34. The van der Waals surface area contributed by atoms with E-state index in [-0.39, 0.29) is 32.1 Å². The number of rotatable bonds is 4. The first-order valence-corrected chi connectivity index (χ1v) is 8.56. The second-order valence-electron chi connectivity index (χ2n) is 6.46. The molecule has 1 atom stereocenters. The Hall–Kier alpha value is -2.42. The van der Waals surface area contributed by atoms with E-state index in [1.165, 1.54) is 13.0 Å². The molecule has 2 heterocycles. The quantitative estimate of drug-likeness (QED) is 0.624. The van der Waals surface area contributed by atoms with Crippen molar-refractivity contribution in [3.8, 4) is 0 Å². The molecular weight excluding hydrogens is 346 g/mol. The van der Waals surface area contributed by atoms with Gasteiger partial charge in [-0.25, -0.2) is 4.39 Å². The molecule has 1 unspecified atom stereocenters. The number of anilines is 2. The predicted molar refractivity (Wildman–Crippen MR) is 92.1 cm³/mol. The fourth-order valence-electron chi connectivity index (χ4n) is 3.16. The highest BCUT2D eigenvalue weighted by molar-refractivity contribution is 5.78. The van der Waals surface area contributed by atoms with Crippen molar-refractivity contribution in [3.05, 3.63) is 24.0 Å². The molecule has 2 aliphatic heterocycles. The van der Waals surface area contributed by atoms with Gasteiger partial charge in [-0.05, 0) is 18.2 Å². The zero-order chi connectivity index (χ0) is 18.7. The third-order valence-corrected chi connectivity index (χ3v) is 4.48. The molecular formula is C17H22F2N4O3. The zero-order valence-electron chi connectivity index (χ0n) is 14.6. The molecule has 1 aromatic rings. The number of cyclic esters (lactones) is 1. The van der Waals surface area contributed by atoms with Crippen LogP contribution in [0.2, 0.25) is 0 Å². The Morgan fingerprint density at radius 3 is 2.65 bits per heavy atom. The number of piperazine rings is 1. The van der Waals surface area contributed by atoms with Crippen molar-refractivity contribution in [2.45, 2.75) is 13.0 Å². The Kier molecular flexibility index (Phi) is 5.55. The van der Waals surface area contributed by atoms with Gasteiger partial charge in [0.2, 0.25) is 5.91 Å². The maximum absolute atomic E-state index is 14.6. The number of ether oxygens (including phenoxy) is 1. The van der Waals surface area contributed by atoms with Crippen molar-refractivity contribution in [1.29, 1.82) is 0 Å². The van der Waals surface area contributed by atoms with E-state index < -0.39 is 17.9 Å². The van der Waals surface area contributed by atoms with E-state index in [0.29, 0.717) is 31.0 Å². The minimum atomic E-state index is -0.486. The summed E-state index contributed by atoms with van der Waals surface area (Å²) in [4.78, 5) is 26.4. The van der Waals surface area contributed by atoms with E-state index >= 15 is 0 Å². The van der Waals surface area contributed by atoms with Gasteiger partial charge in [-0.15, -0.1) is 9.60 Å². The topological polar surface area (TPSA) is 65.1 Å². The summed E-state index contributed by atoms with van der Waals surface area (Å²) in [7, 11) is 0. The molecule has 0 aliphatic carbocycles. The van der Waals surface area contributed by atoms with Gasteiger partial charge in [0.25, 0.3) is 0 Å². The number of hydrogen-bond donors (Lipinski definition) is 1. The fraction of sp³-hybridized carbons (Fsp3) is 0.529. The van der Waals surface area contributed by atoms with Crippen molar-refractivity contribution in [3.63, 3.8) is 0 Å². The SMILES string of the molecule is CC(=O)NCC1CN(c2ccc(N3CCN(F)CC3)c(F)c2)CC(=O)O1. The Labute approximate surface area is 150 Å². The van der Waals surface area contributed by atoms with Gasteiger partial charge >= 0.3 is 5.97 Å². The number of hydrogen-bond acceptors (Lipinski definition) is 6. The molecule has 2 saturated heterocycles. The average Bonchev–Trinajstić information content (AvgIpc) is 2.60. The molecule has 1 amide bonds. The normalized spacial score (nSPS) is 21.5. The molecule has 9 heteroatoms. The number of nitrogens with one attached hydrogen (secondary N) is 1. The molecule has 3 rings (SSSR count). The second kappa shape index (κ2) is 7.86. The highest BCUT2D eigenvalue weighted by Crippen LogP contribution is 2.27. The van der Waals surface area contributed by atoms with Gasteiger partial charge < -0.3 is 19.9 Å². The summed E-state index contributed by atoms with van der Waals surface area (Å²) in [5.74, 6) is -1.04. The largest absolute Gasteiger partial charge is 0.457 e. The van der Waals surface area contributed by atoms with Crippen molar-refractivity contribution >= 4 is 23.3 Å². The molecule has 142 valence electrons. The smallest absolute Gasteiger partial charge is 0.325 e. The lowest BCUT2D eigenvalue weighted by Gasteiger charge is -2.35. The maximum Gasteiger partial charge on any atom is 0.325 e. The van der Waals surface area contributed by atoms with E-state index in [1.54, 1.807) is 21.9 Å². The van der Waals surface area contributed by atoms with Crippen molar-refractivity contribution in [2.24, 2.45) is 0 Å². The van der Waals surface area contributed by atoms with Crippen LogP contribution in [-0.4, -0.2) is 68.9 Å². The predicted octanol–water partition coefficient (Wildman–Crippen LogP) is 0.700. The fourth-order valence-corrected chi connectivity index (χ4v) is 3.16. The summed E-state index contributed by atoms with van der Waals surface area (Å²) in [6.07, 6.45) is -0.486. The number of nitrogens with zero attached hydrogens (tertiary/aromatic N) is 3. The van der Waals surface area contributed by atoms with Gasteiger partial charge in [-0.2, -0.15) is 0 Å². The molecule has 0 radical (unpaired) electrons. The first-order valence-electron chi connectivity index (χ1n) is 8.56. The Morgan fingerprint density at radius 2 is 2.00 bits per heavy atom. The highest BCUT2D eigenvalue weighted by Gasteiger charge is 2.28. The zero-order valence-corrected chi connectivity index (χ0v) is 14.6. The summed E-state index contributed by atoms with van der Waals surface area (Å²) in [6.45, 7) is 3.31. The lowest BCUT2D eigenvalue weighted by Crippen LogP contribution is -2.49. The number of carbonyl (C=O) groups is 2. The van der Waals surface area contributed by atoms with Gasteiger partial charge in [-0.1, -0.05) is 0 Å². The van der Waals surface area contributed by atoms with Crippen LogP contribution in [0.3, 0.4) is 0 Å². The molecule has 0 aromatic heterocycles. The maximum atomic E-state index is 14.6. The first-order chi connectivity index (χ1) is 12.4. The van der Waals surface area contributed by atoms with Crippen LogP contribution >= 0.6 is 0 Å². The summed E-state index contributed by atoms with van der Waals surface area (Å²) in [5.41, 5.74) is 0.996. The third-order valence-electron chi connectivity index (χ3n) is 4.48. The standard InChI is InChI=1S/C17H22F2N4O3/c1-12(24)20-9-14-10-22(11-17(25)26-14)13-2-3-16(15(18)8-13)21-4-6-23(19)7-5-21/h2-3,8,14H,4-7,9-11H2,1H3,(H,20,24). The number of amides is 1. The molecule has 1 N–H and O–H groups in total. The van der Waals surface area contributed by atoms with E-state index in [2.05, 4.69) is 5.32 Å². The molecule has 7 nitrogen and oxygen atoms in total. The van der Waals surface area contributed by atoms with Gasteiger partial charge in [-0.3, -0.25) is 9.59 Å². The van der Waals surface area contributed by atoms with Crippen LogP contribution in [-0.2, 0) is 14.3 Å². The van der Waals surface area contributed by atoms with Crippen LogP contribution in [0, 0.1) is 5.82 Å². The van der Waals surface area contributed by atoms with Gasteiger partial charge in [0.15, 0.2) is 0 Å². The number of benzene rings is 1. The average molecular weight is 368 g/mol. The molecule has 1 aromatic carbocycles. The molecule has 0 bridgehead atoms. The summed E-state index contributed by atoms with van der Waals surface area (Å²) in [6, 6.07) is 4.78. The molecule has 26 heavy (non-hydrogen) atoms. The first kappa shape index (κ1) is 18.4. The van der Waals surface area contributed by atoms with Gasteiger partial charge in [0.05, 0.1) is 18.8 Å². The number of carbonyl (C=O) groups excluding carboxylic acids is 2. The minimum absolute atomic E-state index is 0.0237. The van der Waals surface area contributed by atoms with Crippen LogP contribution < -0.4 is 15.1 Å². The Morgan fingerprint density at radius 1 is 1.27 bits per heavy atom. The monoisotopic (exact) mass is 368 g/mol. The van der Waals surface area contributed by atoms with Gasteiger partial charge in [0, 0.05) is 38.8 Å². The third kappa shape index (κ3) is 4.40. The van der Waals surface area contributed by atoms with Crippen LogP contribution in [0.4, 0.5) is 20.2 Å². The van der Waals surface area contributed by atoms with E-state index in [4.69, 9.17) is 4.74 Å². The lowest BCUT2D eigenvalue weighted by atomic mass is 10.2. The van der Waals surface area contributed by atoms with E-state index in [9.17, 15) is 18.5 Å². The van der Waals surface area contributed by atoms with Crippen molar-refractivity contribution in [1.82, 2.24) is 10.4 Å². The lowest BCUT2D eigenvalue weighted by molar-refractivity contribution is -0.150. The van der Waals surface area contributed by atoms with E-state index in [0.717, 1.165) is 5.12 Å². The minimum Gasteiger partial charge on any atom is -0.457 e. The number of morpholine rings is 1. The van der Waals surface area contributed by atoms with E-state index in [1.807, 2.05) is 0 Å². The van der Waals surface area contributed by atoms with Crippen LogP contribution in [0.15, 0.2) is 18.2 Å². The number of halogens is 2. The Balaban J connectivity index is 1.69. The molecule has 0 saturated carbocycles. The van der Waals surface area contributed by atoms with Crippen molar-refractivity contribution in [2.75, 3.05) is 55.6 Å². The van der Waals surface area contributed by atoms with Crippen LogP contribution in [0.25, 0.3) is 0 Å². The van der Waals surface area contributed by atoms with Crippen molar-refractivity contribution < 1.29 is 23.2 Å². The van der Waals surface area contributed by atoms with Crippen LogP contribution in [0.1, 0.15) is 6.92 Å². The second-order valence-corrected chi connectivity index (χ2v) is 6.46. The Bertz CT molecular complexity index is 680. The molecule has 2 aliphatic rings. The summed E-state index contributed by atoms with van der Waals surface area (Å²) < 4.78 is 32.9. The van der Waals surface area contributed by atoms with Crippen LogP contribution in [0.5, 0.6) is 0 Å². The summed E-state index contributed by atoms with van der Waals surface area (Å²) >= 11 is 0. The van der Waals surface area contributed by atoms with Gasteiger partial charge in [0.1, 0.15) is 18.5 Å². The molecule has 2 fully saturated rings. The highest BCUT2D eigenvalue weighted by atomic mass is 19.2. The number of esters is 1.